The highest BCUT2D eigenvalue weighted by Gasteiger charge is 2.28. The molecule has 0 saturated heterocycles. The predicted molar refractivity (Wildman–Crippen MR) is 66.5 cm³/mol. The summed E-state index contributed by atoms with van der Waals surface area (Å²) < 4.78 is 5.34. The summed E-state index contributed by atoms with van der Waals surface area (Å²) in [6, 6.07) is 0.547. The SMILES string of the molecule is CCOCCCN(C)C1CC(O)CCC1C. The summed E-state index contributed by atoms with van der Waals surface area (Å²) >= 11 is 0. The molecule has 0 aromatic carbocycles. The van der Waals surface area contributed by atoms with Gasteiger partial charge in [0.1, 0.15) is 0 Å². The van der Waals surface area contributed by atoms with Gasteiger partial charge in [0.15, 0.2) is 0 Å². The van der Waals surface area contributed by atoms with Crippen molar-refractivity contribution in [1.29, 1.82) is 0 Å². The minimum atomic E-state index is -0.0875. The fourth-order valence-electron chi connectivity index (χ4n) is 2.62. The molecule has 1 N–H and O–H groups in total. The third-order valence-corrected chi connectivity index (χ3v) is 3.70. The number of aliphatic hydroxyl groups is 1. The van der Waals surface area contributed by atoms with Gasteiger partial charge in [0.2, 0.25) is 0 Å². The van der Waals surface area contributed by atoms with Crippen molar-refractivity contribution in [2.75, 3.05) is 26.8 Å². The van der Waals surface area contributed by atoms with E-state index in [1.54, 1.807) is 0 Å². The van der Waals surface area contributed by atoms with Crippen LogP contribution in [0.15, 0.2) is 0 Å². The van der Waals surface area contributed by atoms with Gasteiger partial charge in [0, 0.05) is 25.8 Å². The number of hydrogen-bond acceptors (Lipinski definition) is 3. The van der Waals surface area contributed by atoms with Crippen LogP contribution >= 0.6 is 0 Å². The highest BCUT2D eigenvalue weighted by atomic mass is 16.5. The van der Waals surface area contributed by atoms with Crippen LogP contribution in [0.3, 0.4) is 0 Å². The molecule has 0 radical (unpaired) electrons. The van der Waals surface area contributed by atoms with E-state index >= 15 is 0 Å². The standard InChI is InChI=1S/C13H27NO2/c1-4-16-9-5-8-14(3)13-10-12(15)7-6-11(13)2/h11-13,15H,4-10H2,1-3H3. The molecule has 0 heterocycles. The van der Waals surface area contributed by atoms with Crippen LogP contribution in [-0.4, -0.2) is 49.0 Å². The molecule has 3 atom stereocenters. The van der Waals surface area contributed by atoms with Crippen LogP contribution < -0.4 is 0 Å². The molecule has 1 aliphatic rings. The topological polar surface area (TPSA) is 32.7 Å². The maximum atomic E-state index is 9.70. The van der Waals surface area contributed by atoms with E-state index in [0.29, 0.717) is 12.0 Å². The van der Waals surface area contributed by atoms with Crippen molar-refractivity contribution >= 4 is 0 Å². The number of nitrogens with zero attached hydrogens (tertiary/aromatic N) is 1. The zero-order valence-electron chi connectivity index (χ0n) is 11.0. The van der Waals surface area contributed by atoms with Crippen molar-refractivity contribution in [3.8, 4) is 0 Å². The molecule has 3 unspecified atom stereocenters. The molecule has 0 amide bonds. The first kappa shape index (κ1) is 13.9. The van der Waals surface area contributed by atoms with Crippen molar-refractivity contribution in [3.63, 3.8) is 0 Å². The molecule has 1 rings (SSSR count). The molecule has 0 aliphatic heterocycles. The van der Waals surface area contributed by atoms with Gasteiger partial charge >= 0.3 is 0 Å². The molecule has 0 aromatic heterocycles. The van der Waals surface area contributed by atoms with Gasteiger partial charge in [-0.1, -0.05) is 6.92 Å². The van der Waals surface area contributed by atoms with Crippen molar-refractivity contribution in [3.05, 3.63) is 0 Å². The maximum absolute atomic E-state index is 9.70. The van der Waals surface area contributed by atoms with Gasteiger partial charge in [-0.2, -0.15) is 0 Å². The van der Waals surface area contributed by atoms with Gasteiger partial charge in [-0.05, 0) is 45.6 Å². The Morgan fingerprint density at radius 2 is 2.12 bits per heavy atom. The quantitative estimate of drug-likeness (QED) is 0.706. The second-order valence-electron chi connectivity index (χ2n) is 5.04. The first-order valence-corrected chi connectivity index (χ1v) is 6.61. The third kappa shape index (κ3) is 4.40. The average molecular weight is 229 g/mol. The summed E-state index contributed by atoms with van der Waals surface area (Å²) in [7, 11) is 2.17. The third-order valence-electron chi connectivity index (χ3n) is 3.70. The van der Waals surface area contributed by atoms with E-state index in [-0.39, 0.29) is 6.10 Å². The number of ether oxygens (including phenoxy) is 1. The van der Waals surface area contributed by atoms with Crippen molar-refractivity contribution in [2.24, 2.45) is 5.92 Å². The second-order valence-corrected chi connectivity index (χ2v) is 5.04. The number of aliphatic hydroxyl groups excluding tert-OH is 1. The summed E-state index contributed by atoms with van der Waals surface area (Å²) in [5.41, 5.74) is 0. The van der Waals surface area contributed by atoms with Gasteiger partial charge in [-0.15, -0.1) is 0 Å². The van der Waals surface area contributed by atoms with Gasteiger partial charge in [-0.3, -0.25) is 0 Å². The number of rotatable bonds is 6. The highest BCUT2D eigenvalue weighted by Crippen LogP contribution is 2.27. The first-order chi connectivity index (χ1) is 7.65. The van der Waals surface area contributed by atoms with E-state index in [4.69, 9.17) is 4.74 Å². The molecule has 96 valence electrons. The molecule has 1 aliphatic carbocycles. The van der Waals surface area contributed by atoms with Crippen LogP contribution in [0.5, 0.6) is 0 Å². The lowest BCUT2D eigenvalue weighted by molar-refractivity contribution is 0.0388. The molecule has 0 spiro atoms. The van der Waals surface area contributed by atoms with E-state index in [1.165, 1.54) is 0 Å². The predicted octanol–water partition coefficient (Wildman–Crippen LogP) is 1.89. The number of hydrogen-bond donors (Lipinski definition) is 1. The summed E-state index contributed by atoms with van der Waals surface area (Å²) in [5, 5.41) is 9.70. The fourth-order valence-corrected chi connectivity index (χ4v) is 2.62. The molecule has 3 nitrogen and oxygen atoms in total. The van der Waals surface area contributed by atoms with Crippen LogP contribution in [0.1, 0.15) is 39.5 Å². The molecule has 3 heteroatoms. The summed E-state index contributed by atoms with van der Waals surface area (Å²) in [4.78, 5) is 2.39. The van der Waals surface area contributed by atoms with E-state index in [0.717, 1.165) is 45.4 Å². The molecule has 1 saturated carbocycles. The second kappa shape index (κ2) is 7.25. The van der Waals surface area contributed by atoms with Gasteiger partial charge < -0.3 is 14.7 Å². The van der Waals surface area contributed by atoms with Crippen LogP contribution in [0.2, 0.25) is 0 Å². The lowest BCUT2D eigenvalue weighted by Gasteiger charge is -2.38. The average Bonchev–Trinajstić information content (AvgIpc) is 2.27. The summed E-state index contributed by atoms with van der Waals surface area (Å²) in [5.74, 6) is 0.709. The van der Waals surface area contributed by atoms with Gasteiger partial charge in [0.05, 0.1) is 6.10 Å². The lowest BCUT2D eigenvalue weighted by Crippen LogP contribution is -2.43. The fraction of sp³-hybridized carbons (Fsp3) is 1.00. The Bertz CT molecular complexity index is 187. The van der Waals surface area contributed by atoms with Crippen LogP contribution in [0.4, 0.5) is 0 Å². The van der Waals surface area contributed by atoms with Crippen LogP contribution in [0.25, 0.3) is 0 Å². The Morgan fingerprint density at radius 1 is 1.38 bits per heavy atom. The van der Waals surface area contributed by atoms with E-state index < -0.39 is 0 Å². The Hall–Kier alpha value is -0.120. The zero-order chi connectivity index (χ0) is 12.0. The summed E-state index contributed by atoms with van der Waals surface area (Å²) in [6.45, 7) is 7.06. The molecular formula is C13H27NO2. The van der Waals surface area contributed by atoms with Crippen LogP contribution in [-0.2, 0) is 4.74 Å². The summed E-state index contributed by atoms with van der Waals surface area (Å²) in [6.07, 6.45) is 4.07. The molecular weight excluding hydrogens is 202 g/mol. The monoisotopic (exact) mass is 229 g/mol. The van der Waals surface area contributed by atoms with E-state index in [9.17, 15) is 5.11 Å². The van der Waals surface area contributed by atoms with Gasteiger partial charge in [0.25, 0.3) is 0 Å². The Kier molecular flexibility index (Phi) is 6.32. The van der Waals surface area contributed by atoms with Gasteiger partial charge in [-0.25, -0.2) is 0 Å². The lowest BCUT2D eigenvalue weighted by atomic mass is 9.83. The van der Waals surface area contributed by atoms with Crippen molar-refractivity contribution in [1.82, 2.24) is 4.90 Å². The first-order valence-electron chi connectivity index (χ1n) is 6.61. The smallest absolute Gasteiger partial charge is 0.0555 e. The highest BCUT2D eigenvalue weighted by molar-refractivity contribution is 4.83. The van der Waals surface area contributed by atoms with Crippen LogP contribution in [0, 0.1) is 5.92 Å². The molecule has 16 heavy (non-hydrogen) atoms. The minimum absolute atomic E-state index is 0.0875. The van der Waals surface area contributed by atoms with Crippen molar-refractivity contribution in [2.45, 2.75) is 51.7 Å². The van der Waals surface area contributed by atoms with E-state index in [2.05, 4.69) is 18.9 Å². The maximum Gasteiger partial charge on any atom is 0.0555 e. The Labute approximate surface area is 99.8 Å². The zero-order valence-corrected chi connectivity index (χ0v) is 11.0. The normalized spacial score (nSPS) is 30.9. The Balaban J connectivity index is 2.25. The molecule has 0 bridgehead atoms. The minimum Gasteiger partial charge on any atom is -0.393 e. The van der Waals surface area contributed by atoms with E-state index in [1.807, 2.05) is 6.92 Å². The van der Waals surface area contributed by atoms with Crippen molar-refractivity contribution < 1.29 is 9.84 Å². The largest absolute Gasteiger partial charge is 0.393 e. The molecule has 1 fully saturated rings. The Morgan fingerprint density at radius 3 is 2.81 bits per heavy atom. The molecule has 0 aromatic rings.